The monoisotopic (exact) mass is 576 g/mol. The molecule has 3 aromatic rings. The molecule has 0 aliphatic heterocycles. The van der Waals surface area contributed by atoms with Crippen LogP contribution in [0.25, 0.3) is 10.9 Å². The number of fused-ring (bicyclic) bond motifs is 1. The number of esters is 1. The average Bonchev–Trinajstić information content (AvgIpc) is 3.50. The van der Waals surface area contributed by atoms with Crippen molar-refractivity contribution in [3.05, 3.63) is 58.4 Å². The van der Waals surface area contributed by atoms with E-state index in [-0.39, 0.29) is 18.6 Å². The average molecular weight is 577 g/mol. The number of thiophene rings is 1. The highest BCUT2D eigenvalue weighted by Crippen LogP contribution is 2.40. The highest BCUT2D eigenvalue weighted by Gasteiger charge is 2.42. The highest BCUT2D eigenvalue weighted by molar-refractivity contribution is 7.84. The lowest BCUT2D eigenvalue weighted by Gasteiger charge is -2.37. The van der Waals surface area contributed by atoms with Crippen LogP contribution in [0.4, 0.5) is 0 Å². The van der Waals surface area contributed by atoms with Gasteiger partial charge in [-0.1, -0.05) is 31.8 Å². The fraction of sp³-hybridized carbons (Fsp3) is 0.500. The molecule has 0 aliphatic rings. The van der Waals surface area contributed by atoms with E-state index >= 15 is 0 Å². The Morgan fingerprint density at radius 1 is 1.13 bits per heavy atom. The fourth-order valence-corrected chi connectivity index (χ4v) is 6.57. The van der Waals surface area contributed by atoms with Gasteiger partial charge in [0.05, 0.1) is 33.9 Å². The molecule has 2 unspecified atom stereocenters. The molecule has 0 fully saturated rings. The first-order valence-corrected chi connectivity index (χ1v) is 18.5. The number of ketones is 1. The Morgan fingerprint density at radius 2 is 1.87 bits per heavy atom. The molecule has 0 amide bonds. The predicted molar refractivity (Wildman–Crippen MR) is 158 cm³/mol. The molecular formula is C28H40N2O5S2Si. The molecule has 208 valence electrons. The Balaban J connectivity index is 2.11. The Labute approximate surface area is 233 Å². The number of hydrogen-bond donors (Lipinski definition) is 1. The van der Waals surface area contributed by atoms with Crippen LogP contribution in [-0.2, 0) is 42.3 Å². The maximum atomic E-state index is 13.6. The Hall–Kier alpha value is -2.11. The van der Waals surface area contributed by atoms with Gasteiger partial charge < -0.3 is 14.0 Å². The number of aromatic nitrogens is 1. The molecule has 10 heteroatoms. The van der Waals surface area contributed by atoms with E-state index in [4.69, 9.17) is 9.47 Å². The number of hydrogen-bond acceptors (Lipinski definition) is 6. The minimum Gasteiger partial charge on any atom is -0.469 e. The van der Waals surface area contributed by atoms with Crippen molar-refractivity contribution in [3.63, 3.8) is 0 Å². The van der Waals surface area contributed by atoms with Crippen molar-refractivity contribution in [3.8, 4) is 0 Å². The van der Waals surface area contributed by atoms with Crippen LogP contribution in [0.1, 0.15) is 44.7 Å². The maximum absolute atomic E-state index is 13.6. The van der Waals surface area contributed by atoms with Crippen molar-refractivity contribution in [1.82, 2.24) is 9.29 Å². The van der Waals surface area contributed by atoms with Gasteiger partial charge in [0.2, 0.25) is 0 Å². The summed E-state index contributed by atoms with van der Waals surface area (Å²) in [5.41, 5.74) is 1.49. The first-order chi connectivity index (χ1) is 17.8. The predicted octanol–water partition coefficient (Wildman–Crippen LogP) is 5.83. The lowest BCUT2D eigenvalue weighted by molar-refractivity contribution is -0.143. The highest BCUT2D eigenvalue weighted by atomic mass is 32.2. The van der Waals surface area contributed by atoms with Crippen molar-refractivity contribution in [2.24, 2.45) is 0 Å². The second-order valence-corrected chi connectivity index (χ2v) is 20.1. The minimum absolute atomic E-state index is 0.0579. The van der Waals surface area contributed by atoms with Crippen LogP contribution in [0.5, 0.6) is 0 Å². The number of nitrogens with one attached hydrogen (secondary N) is 1. The lowest BCUT2D eigenvalue weighted by atomic mass is 9.79. The minimum atomic E-state index is -1.51. The zero-order chi connectivity index (χ0) is 28.1. The summed E-state index contributed by atoms with van der Waals surface area (Å²) in [7, 11) is -1.44. The normalized spacial score (nSPS) is 14.8. The van der Waals surface area contributed by atoms with Crippen molar-refractivity contribution < 1.29 is 23.3 Å². The number of Topliss-reactive ketones (excluding diaryl/α,β-unsaturated/α-hetero) is 1. The van der Waals surface area contributed by atoms with Crippen molar-refractivity contribution in [2.45, 2.75) is 76.3 Å². The van der Waals surface area contributed by atoms with E-state index in [0.29, 0.717) is 13.3 Å². The summed E-state index contributed by atoms with van der Waals surface area (Å²) < 4.78 is 29.2. The zero-order valence-electron chi connectivity index (χ0n) is 23.5. The third kappa shape index (κ3) is 7.50. The van der Waals surface area contributed by atoms with Crippen LogP contribution in [0.2, 0.25) is 25.7 Å². The molecule has 1 N–H and O–H groups in total. The van der Waals surface area contributed by atoms with Gasteiger partial charge in [0, 0.05) is 32.7 Å². The van der Waals surface area contributed by atoms with Gasteiger partial charge in [-0.05, 0) is 66.9 Å². The van der Waals surface area contributed by atoms with E-state index in [1.54, 1.807) is 0 Å². The number of methoxy groups -OCH3 is 1. The summed E-state index contributed by atoms with van der Waals surface area (Å²) in [6.07, 6.45) is 1.57. The summed E-state index contributed by atoms with van der Waals surface area (Å²) in [6, 6.07) is 11.0. The lowest BCUT2D eigenvalue weighted by Crippen LogP contribution is -2.50. The molecule has 2 heterocycles. The topological polar surface area (TPSA) is 86.6 Å². The van der Waals surface area contributed by atoms with Gasteiger partial charge in [-0.2, -0.15) is 11.3 Å². The van der Waals surface area contributed by atoms with Crippen molar-refractivity contribution >= 4 is 53.1 Å². The molecule has 0 saturated carbocycles. The number of benzene rings is 1. The van der Waals surface area contributed by atoms with Crippen LogP contribution >= 0.6 is 11.3 Å². The molecule has 3 rings (SSSR count). The van der Waals surface area contributed by atoms with Crippen molar-refractivity contribution in [2.75, 3.05) is 13.7 Å². The van der Waals surface area contributed by atoms with Gasteiger partial charge in [-0.25, -0.2) is 8.93 Å². The van der Waals surface area contributed by atoms with Crippen LogP contribution in [0, 0.1) is 0 Å². The number of rotatable bonds is 13. The molecule has 0 aliphatic carbocycles. The smallest absolute Gasteiger partial charge is 0.313 e. The van der Waals surface area contributed by atoms with E-state index in [1.165, 1.54) is 18.4 Å². The largest absolute Gasteiger partial charge is 0.469 e. The van der Waals surface area contributed by atoms with E-state index in [2.05, 4.69) is 28.9 Å². The molecule has 1 aromatic carbocycles. The first kappa shape index (κ1) is 30.4. The van der Waals surface area contributed by atoms with E-state index in [9.17, 15) is 13.8 Å². The molecule has 0 spiro atoms. The third-order valence-electron chi connectivity index (χ3n) is 6.37. The number of carbonyl (C=O) groups excluding carboxylic acids is 2. The van der Waals surface area contributed by atoms with Gasteiger partial charge in [-0.15, -0.1) is 0 Å². The Morgan fingerprint density at radius 3 is 2.47 bits per heavy atom. The number of nitrogens with zero attached hydrogens (tertiary/aromatic N) is 1. The van der Waals surface area contributed by atoms with E-state index in [0.717, 1.165) is 28.1 Å². The molecule has 0 radical (unpaired) electrons. The molecule has 0 saturated heterocycles. The van der Waals surface area contributed by atoms with Gasteiger partial charge in [0.15, 0.2) is 0 Å². The summed E-state index contributed by atoms with van der Waals surface area (Å²) in [5, 5.41) is 4.83. The van der Waals surface area contributed by atoms with Crippen LogP contribution in [-0.4, -0.2) is 47.1 Å². The van der Waals surface area contributed by atoms with Crippen LogP contribution in [0.3, 0.4) is 0 Å². The third-order valence-corrected chi connectivity index (χ3v) is 10.4. The summed E-state index contributed by atoms with van der Waals surface area (Å²) in [4.78, 5) is 25.2. The first-order valence-electron chi connectivity index (χ1n) is 12.7. The van der Waals surface area contributed by atoms with Crippen LogP contribution < -0.4 is 4.72 Å². The second-order valence-electron chi connectivity index (χ2n) is 11.7. The number of carbonyl (C=O) groups is 2. The van der Waals surface area contributed by atoms with E-state index in [1.807, 2.05) is 68.1 Å². The second kappa shape index (κ2) is 12.4. The summed E-state index contributed by atoms with van der Waals surface area (Å²) >= 11 is 1.50. The van der Waals surface area contributed by atoms with E-state index < -0.39 is 35.3 Å². The van der Waals surface area contributed by atoms with Crippen molar-refractivity contribution in [1.29, 1.82) is 0 Å². The van der Waals surface area contributed by atoms with Gasteiger partial charge in [0.25, 0.3) is 0 Å². The molecule has 2 atom stereocenters. The maximum Gasteiger partial charge on any atom is 0.313 e. The Bertz CT molecular complexity index is 1270. The van der Waals surface area contributed by atoms with Gasteiger partial charge in [0.1, 0.15) is 18.9 Å². The molecule has 7 nitrogen and oxygen atoms in total. The van der Waals surface area contributed by atoms with Gasteiger partial charge in [-0.3, -0.25) is 9.59 Å². The SMILES string of the molecule is COC(=O)CC(=O)CC(NS(=O)C(C)(C)C)(c1ccsc1)c1cccc2c1ccn2COCC[Si](C)(C)C. The Kier molecular flexibility index (Phi) is 9.91. The fourth-order valence-electron chi connectivity index (χ4n) is 4.16. The number of ether oxygens (including phenoxy) is 2. The standard InChI is InChI=1S/C28H40N2O5S2Si/c1-27(2,3)37(33)29-28(21-12-15-36-19-21,18-22(31)17-26(32)34-4)24-9-8-10-25-23(24)11-13-30(25)20-35-14-16-38(5,6)7/h8-13,15,19,29H,14,16-18,20H2,1-7H3. The zero-order valence-corrected chi connectivity index (χ0v) is 26.1. The quantitative estimate of drug-likeness (QED) is 0.120. The molecule has 0 bridgehead atoms. The summed E-state index contributed by atoms with van der Waals surface area (Å²) in [6.45, 7) is 13.8. The molecule has 2 aromatic heterocycles. The van der Waals surface area contributed by atoms with Gasteiger partial charge >= 0.3 is 5.97 Å². The molecule has 38 heavy (non-hydrogen) atoms. The molecular weight excluding hydrogens is 537 g/mol. The summed E-state index contributed by atoms with van der Waals surface area (Å²) in [5.74, 6) is -0.890. The van der Waals surface area contributed by atoms with Crippen LogP contribution in [0.15, 0.2) is 47.3 Å².